The molecule has 0 saturated heterocycles. The summed E-state index contributed by atoms with van der Waals surface area (Å²) >= 11 is 0. The van der Waals surface area contributed by atoms with Crippen molar-refractivity contribution in [3.05, 3.63) is 24.0 Å². The third-order valence-corrected chi connectivity index (χ3v) is 1.31. The van der Waals surface area contributed by atoms with E-state index in [1.807, 2.05) is 0 Å². The largest absolute Gasteiger partial charge is 0.424 e. The fraction of sp³-hybridized carbons (Fsp3) is 0.375. The first-order valence-electron chi connectivity index (χ1n) is 3.54. The summed E-state index contributed by atoms with van der Waals surface area (Å²) in [7, 11) is 0. The number of hydrogen-bond donors (Lipinski definition) is 1. The second-order valence-corrected chi connectivity index (χ2v) is 2.23. The monoisotopic (exact) mass is 154 g/mol. The molecule has 0 unspecified atom stereocenters. The van der Waals surface area contributed by atoms with Gasteiger partial charge in [0.15, 0.2) is 0 Å². The zero-order valence-corrected chi connectivity index (χ0v) is 6.12. The molecule has 0 spiro atoms. The van der Waals surface area contributed by atoms with Crippen molar-refractivity contribution < 1.29 is 14.6 Å². The van der Waals surface area contributed by atoms with Crippen LogP contribution in [0.5, 0.6) is 0 Å². The minimum Gasteiger partial charge on any atom is -0.424 e. The summed E-state index contributed by atoms with van der Waals surface area (Å²) < 4.78 is 4.74. The molecular weight excluding hydrogens is 144 g/mol. The van der Waals surface area contributed by atoms with Crippen LogP contribution in [-0.2, 0) is 9.53 Å². The van der Waals surface area contributed by atoms with Gasteiger partial charge in [-0.15, -0.1) is 0 Å². The van der Waals surface area contributed by atoms with Crippen LogP contribution in [0.1, 0.15) is 12.8 Å². The number of unbranched alkanes of at least 4 members (excludes halogenated alkanes) is 1. The molecular formula is C8H10O3. The molecule has 0 bridgehead atoms. The molecule has 1 heterocycles. The van der Waals surface area contributed by atoms with E-state index in [2.05, 4.69) is 0 Å². The lowest BCUT2D eigenvalue weighted by Gasteiger charge is -1.94. The van der Waals surface area contributed by atoms with E-state index in [4.69, 9.17) is 9.84 Å². The fourth-order valence-corrected chi connectivity index (χ4v) is 0.780. The van der Waals surface area contributed by atoms with Gasteiger partial charge in [-0.25, -0.2) is 4.79 Å². The van der Waals surface area contributed by atoms with Gasteiger partial charge in [0.2, 0.25) is 0 Å². The molecule has 0 radical (unpaired) electrons. The van der Waals surface area contributed by atoms with Crippen LogP contribution < -0.4 is 0 Å². The summed E-state index contributed by atoms with van der Waals surface area (Å²) in [6.45, 7) is 0.168. The summed E-state index contributed by atoms with van der Waals surface area (Å²) in [6.07, 6.45) is 6.24. The Morgan fingerprint density at radius 3 is 2.91 bits per heavy atom. The molecule has 1 aliphatic rings. The Bertz CT molecular complexity index is 203. The van der Waals surface area contributed by atoms with Crippen molar-refractivity contribution in [2.45, 2.75) is 12.8 Å². The number of carbonyl (C=O) groups is 1. The van der Waals surface area contributed by atoms with Crippen LogP contribution in [0, 0.1) is 0 Å². The highest BCUT2D eigenvalue weighted by molar-refractivity contribution is 5.86. The predicted molar refractivity (Wildman–Crippen MR) is 39.6 cm³/mol. The van der Waals surface area contributed by atoms with Gasteiger partial charge >= 0.3 is 5.97 Å². The van der Waals surface area contributed by atoms with Crippen LogP contribution in [-0.4, -0.2) is 17.7 Å². The van der Waals surface area contributed by atoms with E-state index in [1.54, 1.807) is 12.2 Å². The molecule has 0 atom stereocenters. The number of hydrogen-bond acceptors (Lipinski definition) is 3. The number of aliphatic hydroxyl groups is 1. The molecule has 1 rings (SSSR count). The average molecular weight is 154 g/mol. The highest BCUT2D eigenvalue weighted by Gasteiger charge is 2.07. The Hall–Kier alpha value is -1.09. The molecule has 0 aromatic heterocycles. The van der Waals surface area contributed by atoms with Crippen LogP contribution in [0.3, 0.4) is 0 Å². The highest BCUT2D eigenvalue weighted by Crippen LogP contribution is 2.09. The van der Waals surface area contributed by atoms with Gasteiger partial charge in [-0.1, -0.05) is 0 Å². The van der Waals surface area contributed by atoms with E-state index in [-0.39, 0.29) is 12.6 Å². The van der Waals surface area contributed by atoms with E-state index in [0.717, 1.165) is 6.42 Å². The molecule has 1 aliphatic heterocycles. The van der Waals surface area contributed by atoms with E-state index in [0.29, 0.717) is 12.2 Å². The molecule has 0 aliphatic carbocycles. The minimum absolute atomic E-state index is 0.168. The number of rotatable bonds is 3. The Labute approximate surface area is 65.0 Å². The quantitative estimate of drug-likeness (QED) is 0.482. The predicted octanol–water partition coefficient (Wildman–Crippen LogP) is 0.756. The van der Waals surface area contributed by atoms with Gasteiger partial charge in [-0.3, -0.25) is 0 Å². The maximum absolute atomic E-state index is 10.5. The number of aliphatic hydroxyl groups excluding tert-OH is 1. The van der Waals surface area contributed by atoms with Crippen molar-refractivity contribution in [2.24, 2.45) is 0 Å². The summed E-state index contributed by atoms with van der Waals surface area (Å²) in [5.74, 6) is 0.267. The average Bonchev–Trinajstić information content (AvgIpc) is 2.37. The van der Waals surface area contributed by atoms with Crippen LogP contribution in [0.25, 0.3) is 0 Å². The molecule has 11 heavy (non-hydrogen) atoms. The normalized spacial score (nSPS) is 19.4. The Balaban J connectivity index is 2.32. The smallest absolute Gasteiger partial charge is 0.336 e. The van der Waals surface area contributed by atoms with Crippen molar-refractivity contribution in [3.63, 3.8) is 0 Å². The number of ether oxygens (including phenoxy) is 1. The Morgan fingerprint density at radius 2 is 2.36 bits per heavy atom. The number of carbonyl (C=O) groups excluding carboxylic acids is 1. The lowest BCUT2D eigenvalue weighted by Crippen LogP contribution is -1.90. The lowest BCUT2D eigenvalue weighted by atomic mass is 10.3. The number of cyclic esters (lactones) is 1. The van der Waals surface area contributed by atoms with Crippen molar-refractivity contribution in [1.29, 1.82) is 0 Å². The van der Waals surface area contributed by atoms with Gasteiger partial charge in [0.05, 0.1) is 0 Å². The van der Waals surface area contributed by atoms with Crippen LogP contribution in [0.2, 0.25) is 0 Å². The van der Waals surface area contributed by atoms with Crippen LogP contribution in [0.15, 0.2) is 24.0 Å². The van der Waals surface area contributed by atoms with Gasteiger partial charge < -0.3 is 9.84 Å². The summed E-state index contributed by atoms with van der Waals surface area (Å²) in [4.78, 5) is 10.5. The maximum Gasteiger partial charge on any atom is 0.336 e. The molecule has 3 nitrogen and oxygen atoms in total. The molecule has 1 N–H and O–H groups in total. The summed E-state index contributed by atoms with van der Waals surface area (Å²) in [5, 5.41) is 8.44. The summed E-state index contributed by atoms with van der Waals surface area (Å²) in [5.41, 5.74) is 0. The molecule has 0 saturated carbocycles. The number of esters is 1. The zero-order valence-electron chi connectivity index (χ0n) is 6.12. The number of allylic oxidation sites excluding steroid dienone is 2. The third kappa shape index (κ3) is 2.55. The Kier molecular flexibility index (Phi) is 2.86. The summed E-state index contributed by atoms with van der Waals surface area (Å²) in [6, 6.07) is 0. The lowest BCUT2D eigenvalue weighted by molar-refractivity contribution is -0.132. The second kappa shape index (κ2) is 3.93. The van der Waals surface area contributed by atoms with Gasteiger partial charge in [-0.05, 0) is 25.0 Å². The third-order valence-electron chi connectivity index (χ3n) is 1.31. The molecule has 0 amide bonds. The maximum atomic E-state index is 10.5. The molecule has 0 aromatic carbocycles. The van der Waals surface area contributed by atoms with Gasteiger partial charge in [0.1, 0.15) is 5.76 Å². The fourth-order valence-electron chi connectivity index (χ4n) is 0.780. The standard InChI is InChI=1S/C8H10O3/c9-6-2-1-3-7-4-5-8(10)11-7/h3-5,9H,1-2,6H2/b7-3-. The van der Waals surface area contributed by atoms with Crippen molar-refractivity contribution in [1.82, 2.24) is 0 Å². The SMILES string of the molecule is O=C1C=C/C(=C/CCCO)O1. The first-order valence-corrected chi connectivity index (χ1v) is 3.54. The molecule has 0 aromatic rings. The van der Waals surface area contributed by atoms with E-state index < -0.39 is 0 Å². The molecule has 0 fully saturated rings. The van der Waals surface area contributed by atoms with Crippen LogP contribution >= 0.6 is 0 Å². The minimum atomic E-state index is -0.319. The highest BCUT2D eigenvalue weighted by atomic mass is 16.5. The first-order chi connectivity index (χ1) is 5.33. The topological polar surface area (TPSA) is 46.5 Å². The van der Waals surface area contributed by atoms with Crippen molar-refractivity contribution in [3.8, 4) is 0 Å². The van der Waals surface area contributed by atoms with Gasteiger partial charge in [-0.2, -0.15) is 0 Å². The molecule has 60 valence electrons. The van der Waals surface area contributed by atoms with Gasteiger partial charge in [0.25, 0.3) is 0 Å². The van der Waals surface area contributed by atoms with Gasteiger partial charge in [0, 0.05) is 12.7 Å². The zero-order chi connectivity index (χ0) is 8.10. The van der Waals surface area contributed by atoms with Crippen molar-refractivity contribution >= 4 is 5.97 Å². The van der Waals surface area contributed by atoms with Crippen LogP contribution in [0.4, 0.5) is 0 Å². The van der Waals surface area contributed by atoms with E-state index in [9.17, 15) is 4.79 Å². The van der Waals surface area contributed by atoms with E-state index in [1.165, 1.54) is 6.08 Å². The Morgan fingerprint density at radius 1 is 1.55 bits per heavy atom. The molecule has 3 heteroatoms. The van der Waals surface area contributed by atoms with Crippen molar-refractivity contribution in [2.75, 3.05) is 6.61 Å². The second-order valence-electron chi connectivity index (χ2n) is 2.23. The van der Waals surface area contributed by atoms with E-state index >= 15 is 0 Å². The first kappa shape index (κ1) is 8.01.